The summed E-state index contributed by atoms with van der Waals surface area (Å²) in [5.74, 6) is -0.0932. The van der Waals surface area contributed by atoms with E-state index in [9.17, 15) is 4.79 Å². The molecule has 10 heavy (non-hydrogen) atoms. The first kappa shape index (κ1) is 7.12. The highest BCUT2D eigenvalue weighted by Crippen LogP contribution is 2.21. The van der Waals surface area contributed by atoms with E-state index >= 15 is 0 Å². The number of Topliss-reactive ketones (excluding diaryl/α,β-unsaturated/α-hetero) is 1. The normalized spacial score (nSPS) is 25.4. The Labute approximate surface area is 59.3 Å². The second kappa shape index (κ2) is 2.33. The van der Waals surface area contributed by atoms with Crippen LogP contribution >= 0.6 is 0 Å². The number of aliphatic hydroxyl groups is 1. The number of hydrogen-bond acceptors (Lipinski definition) is 3. The molecule has 0 spiro atoms. The van der Waals surface area contributed by atoms with Gasteiger partial charge in [-0.3, -0.25) is 4.79 Å². The summed E-state index contributed by atoms with van der Waals surface area (Å²) < 4.78 is 5.02. The first-order valence-corrected chi connectivity index (χ1v) is 3.29. The summed E-state index contributed by atoms with van der Waals surface area (Å²) >= 11 is 0. The van der Waals surface area contributed by atoms with Crippen LogP contribution in [0.3, 0.4) is 0 Å². The third kappa shape index (κ3) is 0.875. The average Bonchev–Trinajstić information content (AvgIpc) is 2.17. The molecule has 3 heteroatoms. The van der Waals surface area contributed by atoms with Crippen molar-refractivity contribution in [1.29, 1.82) is 0 Å². The Morgan fingerprint density at radius 2 is 2.30 bits per heavy atom. The topological polar surface area (TPSA) is 46.5 Å². The fourth-order valence-corrected chi connectivity index (χ4v) is 0.903. The van der Waals surface area contributed by atoms with E-state index in [4.69, 9.17) is 9.84 Å². The molecule has 0 saturated heterocycles. The van der Waals surface area contributed by atoms with E-state index < -0.39 is 6.10 Å². The van der Waals surface area contributed by atoms with E-state index in [2.05, 4.69) is 0 Å². The summed E-state index contributed by atoms with van der Waals surface area (Å²) in [4.78, 5) is 10.8. The smallest absolute Gasteiger partial charge is 0.240 e. The van der Waals surface area contributed by atoms with Crippen molar-refractivity contribution in [3.05, 3.63) is 11.5 Å². The SMILES string of the molecule is CCC1=C(O)C(=O)C(C)O1. The van der Waals surface area contributed by atoms with Crippen LogP contribution in [-0.2, 0) is 9.53 Å². The van der Waals surface area contributed by atoms with Crippen molar-refractivity contribution in [1.82, 2.24) is 0 Å². The number of ketones is 1. The summed E-state index contributed by atoms with van der Waals surface area (Å²) in [5.41, 5.74) is 0. The maximum Gasteiger partial charge on any atom is 0.240 e. The van der Waals surface area contributed by atoms with Crippen LogP contribution in [0.2, 0.25) is 0 Å². The van der Waals surface area contributed by atoms with Gasteiger partial charge in [-0.15, -0.1) is 0 Å². The molecule has 1 N–H and O–H groups in total. The van der Waals surface area contributed by atoms with Gasteiger partial charge >= 0.3 is 0 Å². The predicted octanol–water partition coefficient (Wildman–Crippen LogP) is 1.15. The number of aliphatic hydroxyl groups excluding tert-OH is 1. The number of hydrogen-bond donors (Lipinski definition) is 1. The second-order valence-electron chi connectivity index (χ2n) is 2.25. The molecule has 1 unspecified atom stereocenters. The molecule has 0 aromatic carbocycles. The number of carbonyl (C=O) groups is 1. The molecule has 56 valence electrons. The van der Waals surface area contributed by atoms with E-state index in [-0.39, 0.29) is 11.5 Å². The van der Waals surface area contributed by atoms with E-state index in [1.165, 1.54) is 0 Å². The maximum absolute atomic E-state index is 10.8. The lowest BCUT2D eigenvalue weighted by atomic mass is 10.2. The summed E-state index contributed by atoms with van der Waals surface area (Å²) in [6, 6.07) is 0. The fraction of sp³-hybridized carbons (Fsp3) is 0.571. The first-order valence-electron chi connectivity index (χ1n) is 3.29. The number of allylic oxidation sites excluding steroid dienone is 1. The zero-order valence-electron chi connectivity index (χ0n) is 6.05. The molecule has 0 aromatic heterocycles. The Bertz CT molecular complexity index is 193. The average molecular weight is 142 g/mol. The van der Waals surface area contributed by atoms with Crippen molar-refractivity contribution in [2.75, 3.05) is 0 Å². The molecule has 1 atom stereocenters. The van der Waals surface area contributed by atoms with E-state index in [0.717, 1.165) is 0 Å². The molecule has 1 heterocycles. The molecule has 1 rings (SSSR count). The highest BCUT2D eigenvalue weighted by Gasteiger charge is 2.30. The second-order valence-corrected chi connectivity index (χ2v) is 2.25. The lowest BCUT2D eigenvalue weighted by molar-refractivity contribution is -0.122. The van der Waals surface area contributed by atoms with Gasteiger partial charge in [0, 0.05) is 6.42 Å². The molecular formula is C7H10O3. The lowest BCUT2D eigenvalue weighted by Crippen LogP contribution is -2.12. The summed E-state index contributed by atoms with van der Waals surface area (Å²) in [5, 5.41) is 9.03. The Morgan fingerprint density at radius 3 is 2.50 bits per heavy atom. The van der Waals surface area contributed by atoms with Gasteiger partial charge in [0.2, 0.25) is 11.5 Å². The lowest BCUT2D eigenvalue weighted by Gasteiger charge is -2.01. The predicted molar refractivity (Wildman–Crippen MR) is 35.5 cm³/mol. The van der Waals surface area contributed by atoms with Crippen LogP contribution in [0.4, 0.5) is 0 Å². The van der Waals surface area contributed by atoms with Crippen molar-refractivity contribution < 1.29 is 14.6 Å². The molecule has 0 aliphatic carbocycles. The highest BCUT2D eigenvalue weighted by molar-refractivity contribution is 5.98. The number of ether oxygens (including phenoxy) is 1. The van der Waals surface area contributed by atoms with E-state index in [0.29, 0.717) is 12.2 Å². The monoisotopic (exact) mass is 142 g/mol. The van der Waals surface area contributed by atoms with Gasteiger partial charge in [-0.05, 0) is 6.92 Å². The van der Waals surface area contributed by atoms with Crippen molar-refractivity contribution >= 4 is 5.78 Å². The third-order valence-electron chi connectivity index (χ3n) is 1.51. The van der Waals surface area contributed by atoms with Crippen LogP contribution < -0.4 is 0 Å². The van der Waals surface area contributed by atoms with Gasteiger partial charge in [-0.25, -0.2) is 0 Å². The molecule has 1 aliphatic rings. The minimum atomic E-state index is -0.491. The molecule has 0 saturated carbocycles. The summed E-state index contributed by atoms with van der Waals surface area (Å²) in [6.07, 6.45) is 0.0806. The molecule has 1 aliphatic heterocycles. The van der Waals surface area contributed by atoms with E-state index in [1.54, 1.807) is 6.92 Å². The van der Waals surface area contributed by atoms with Crippen LogP contribution in [0.1, 0.15) is 20.3 Å². The summed E-state index contributed by atoms with van der Waals surface area (Å²) in [7, 11) is 0. The molecule has 0 aromatic rings. The fourth-order valence-electron chi connectivity index (χ4n) is 0.903. The van der Waals surface area contributed by atoms with Gasteiger partial charge in [0.25, 0.3) is 0 Å². The highest BCUT2D eigenvalue weighted by atomic mass is 16.5. The third-order valence-corrected chi connectivity index (χ3v) is 1.51. The maximum atomic E-state index is 10.8. The van der Waals surface area contributed by atoms with E-state index in [1.807, 2.05) is 6.92 Å². The van der Waals surface area contributed by atoms with Crippen molar-refractivity contribution in [3.8, 4) is 0 Å². The van der Waals surface area contributed by atoms with Crippen molar-refractivity contribution in [2.45, 2.75) is 26.4 Å². The van der Waals surface area contributed by atoms with Gasteiger partial charge in [-0.1, -0.05) is 6.92 Å². The van der Waals surface area contributed by atoms with Crippen LogP contribution in [0.5, 0.6) is 0 Å². The van der Waals surface area contributed by atoms with Crippen molar-refractivity contribution in [2.24, 2.45) is 0 Å². The van der Waals surface area contributed by atoms with Crippen molar-refractivity contribution in [3.63, 3.8) is 0 Å². The number of carbonyl (C=O) groups excluding carboxylic acids is 1. The van der Waals surface area contributed by atoms with Crippen LogP contribution in [0.25, 0.3) is 0 Å². The Hall–Kier alpha value is -0.990. The van der Waals surface area contributed by atoms with Gasteiger partial charge in [0.1, 0.15) is 5.76 Å². The van der Waals surface area contributed by atoms with Crippen LogP contribution in [0.15, 0.2) is 11.5 Å². The zero-order valence-corrected chi connectivity index (χ0v) is 6.05. The Balaban J connectivity index is 2.83. The Morgan fingerprint density at radius 1 is 1.70 bits per heavy atom. The van der Waals surface area contributed by atoms with Crippen LogP contribution in [0, 0.1) is 0 Å². The van der Waals surface area contributed by atoms with Gasteiger partial charge in [0.15, 0.2) is 6.10 Å². The molecule has 0 fully saturated rings. The zero-order chi connectivity index (χ0) is 7.72. The number of rotatable bonds is 1. The quantitative estimate of drug-likeness (QED) is 0.597. The molecular weight excluding hydrogens is 132 g/mol. The molecule has 0 amide bonds. The minimum absolute atomic E-state index is 0.199. The molecule has 0 radical (unpaired) electrons. The molecule has 0 bridgehead atoms. The first-order chi connectivity index (χ1) is 4.66. The van der Waals surface area contributed by atoms with Gasteiger partial charge < -0.3 is 9.84 Å². The largest absolute Gasteiger partial charge is 0.502 e. The Kier molecular flexibility index (Phi) is 1.66. The molecule has 3 nitrogen and oxygen atoms in total. The minimum Gasteiger partial charge on any atom is -0.502 e. The summed E-state index contributed by atoms with van der Waals surface area (Å²) in [6.45, 7) is 3.46. The standard InChI is InChI=1S/C7H10O3/c1-3-5-7(9)6(8)4(2)10-5/h4,9H,3H2,1-2H3. The van der Waals surface area contributed by atoms with Gasteiger partial charge in [-0.2, -0.15) is 0 Å². The van der Waals surface area contributed by atoms with Crippen LogP contribution in [-0.4, -0.2) is 17.0 Å². The van der Waals surface area contributed by atoms with Gasteiger partial charge in [0.05, 0.1) is 0 Å².